The molecule has 1 aliphatic rings. The maximum absolute atomic E-state index is 11.2. The number of hydrogen-bond donors (Lipinski definition) is 1. The minimum absolute atomic E-state index is 0.0399. The lowest BCUT2D eigenvalue weighted by atomic mass is 10.0. The van der Waals surface area contributed by atoms with Crippen molar-refractivity contribution >= 4 is 11.7 Å². The van der Waals surface area contributed by atoms with Gasteiger partial charge in [-0.25, -0.2) is 0 Å². The quantitative estimate of drug-likeness (QED) is 0.741. The average Bonchev–Trinajstić information content (AvgIpc) is 2.20. The number of carbonyl (C=O) groups excluding carboxylic acids is 2. The molecule has 1 saturated heterocycles. The monoisotopic (exact) mass is 212 g/mol. The normalized spacial score (nSPS) is 18.8. The van der Waals surface area contributed by atoms with E-state index in [1.807, 2.05) is 6.92 Å². The Morgan fingerprint density at radius 3 is 2.40 bits per heavy atom. The molecule has 4 nitrogen and oxygen atoms in total. The number of Topliss-reactive ketones (excluding diaryl/α,β-unsaturated/α-hetero) is 1. The first-order chi connectivity index (χ1) is 7.11. The third kappa shape index (κ3) is 4.42. The van der Waals surface area contributed by atoms with Gasteiger partial charge in [-0.1, -0.05) is 6.92 Å². The Bertz CT molecular complexity index is 233. The number of likely N-dealkylation sites (tertiary alicyclic amines) is 1. The predicted octanol–water partition coefficient (Wildman–Crippen LogP) is 0.566. The van der Waals surface area contributed by atoms with Crippen molar-refractivity contribution in [1.82, 2.24) is 10.2 Å². The fourth-order valence-corrected chi connectivity index (χ4v) is 1.88. The highest BCUT2D eigenvalue weighted by molar-refractivity contribution is 5.80. The van der Waals surface area contributed by atoms with Crippen LogP contribution < -0.4 is 5.32 Å². The highest BCUT2D eigenvalue weighted by Gasteiger charge is 2.20. The van der Waals surface area contributed by atoms with Crippen LogP contribution in [0.15, 0.2) is 0 Å². The lowest BCUT2D eigenvalue weighted by Crippen LogP contribution is -2.45. The van der Waals surface area contributed by atoms with Crippen LogP contribution in [-0.2, 0) is 9.59 Å². The van der Waals surface area contributed by atoms with Gasteiger partial charge in [-0.2, -0.15) is 0 Å². The Morgan fingerprint density at radius 1 is 1.33 bits per heavy atom. The number of ketones is 1. The van der Waals surface area contributed by atoms with Gasteiger partial charge in [0.15, 0.2) is 0 Å². The molecule has 0 bridgehead atoms. The Morgan fingerprint density at radius 2 is 1.93 bits per heavy atom. The zero-order chi connectivity index (χ0) is 11.3. The number of amides is 1. The van der Waals surface area contributed by atoms with Crippen LogP contribution in [0.4, 0.5) is 0 Å². The summed E-state index contributed by atoms with van der Waals surface area (Å²) in [5, 5.41) is 2.92. The summed E-state index contributed by atoms with van der Waals surface area (Å²) in [5.41, 5.74) is 0. The first kappa shape index (κ1) is 12.2. The molecule has 1 N–H and O–H groups in total. The zero-order valence-corrected chi connectivity index (χ0v) is 9.58. The zero-order valence-electron chi connectivity index (χ0n) is 9.58. The van der Waals surface area contributed by atoms with Crippen molar-refractivity contribution in [3.05, 3.63) is 0 Å². The molecule has 1 amide bonds. The number of piperidine rings is 1. The van der Waals surface area contributed by atoms with Gasteiger partial charge in [0.05, 0.1) is 6.54 Å². The summed E-state index contributed by atoms with van der Waals surface area (Å²) in [4.78, 5) is 24.2. The van der Waals surface area contributed by atoms with Crippen LogP contribution in [0.1, 0.15) is 33.1 Å². The number of carbonyl (C=O) groups is 2. The summed E-state index contributed by atoms with van der Waals surface area (Å²) in [6.07, 6.45) is 2.53. The van der Waals surface area contributed by atoms with Crippen LogP contribution in [0.5, 0.6) is 0 Å². The van der Waals surface area contributed by atoms with Gasteiger partial charge in [0.25, 0.3) is 0 Å². The number of nitrogens with zero attached hydrogens (tertiary/aromatic N) is 1. The molecule has 0 aromatic heterocycles. The van der Waals surface area contributed by atoms with E-state index in [4.69, 9.17) is 0 Å². The van der Waals surface area contributed by atoms with Gasteiger partial charge in [0, 0.05) is 32.5 Å². The third-order valence-electron chi connectivity index (χ3n) is 2.79. The summed E-state index contributed by atoms with van der Waals surface area (Å²) < 4.78 is 0. The molecule has 0 spiro atoms. The average molecular weight is 212 g/mol. The third-order valence-corrected chi connectivity index (χ3v) is 2.79. The van der Waals surface area contributed by atoms with E-state index >= 15 is 0 Å². The standard InChI is InChI=1S/C11H20N2O2/c1-3-11(15)8-13-6-4-10(5-7-13)12-9(2)14/h10H,3-8H2,1-2H3,(H,12,14). The van der Waals surface area contributed by atoms with E-state index in [-0.39, 0.29) is 5.91 Å². The molecule has 0 atom stereocenters. The largest absolute Gasteiger partial charge is 0.354 e. The van der Waals surface area contributed by atoms with Crippen LogP contribution in [0.25, 0.3) is 0 Å². The first-order valence-electron chi connectivity index (χ1n) is 5.63. The molecular weight excluding hydrogens is 192 g/mol. The van der Waals surface area contributed by atoms with Gasteiger partial charge in [-0.15, -0.1) is 0 Å². The van der Waals surface area contributed by atoms with E-state index in [0.29, 0.717) is 24.8 Å². The van der Waals surface area contributed by atoms with E-state index in [2.05, 4.69) is 10.2 Å². The van der Waals surface area contributed by atoms with Crippen molar-refractivity contribution in [3.8, 4) is 0 Å². The topological polar surface area (TPSA) is 49.4 Å². The molecule has 1 aliphatic heterocycles. The fourth-order valence-electron chi connectivity index (χ4n) is 1.88. The van der Waals surface area contributed by atoms with E-state index in [1.54, 1.807) is 6.92 Å². The van der Waals surface area contributed by atoms with E-state index in [1.165, 1.54) is 0 Å². The lowest BCUT2D eigenvalue weighted by Gasteiger charge is -2.31. The second kappa shape index (κ2) is 5.85. The van der Waals surface area contributed by atoms with Gasteiger partial charge in [0.1, 0.15) is 5.78 Å². The van der Waals surface area contributed by atoms with Crippen molar-refractivity contribution in [1.29, 1.82) is 0 Å². The van der Waals surface area contributed by atoms with Crippen molar-refractivity contribution < 1.29 is 9.59 Å². The lowest BCUT2D eigenvalue weighted by molar-refractivity contribution is -0.122. The van der Waals surface area contributed by atoms with Gasteiger partial charge in [-0.05, 0) is 12.8 Å². The maximum atomic E-state index is 11.2. The predicted molar refractivity (Wildman–Crippen MR) is 58.6 cm³/mol. The highest BCUT2D eigenvalue weighted by Crippen LogP contribution is 2.10. The van der Waals surface area contributed by atoms with E-state index in [0.717, 1.165) is 25.9 Å². The van der Waals surface area contributed by atoms with Crippen LogP contribution >= 0.6 is 0 Å². The minimum atomic E-state index is 0.0399. The van der Waals surface area contributed by atoms with Crippen molar-refractivity contribution in [2.24, 2.45) is 0 Å². The summed E-state index contributed by atoms with van der Waals surface area (Å²) in [6.45, 7) is 5.84. The van der Waals surface area contributed by atoms with E-state index in [9.17, 15) is 9.59 Å². The Kier molecular flexibility index (Phi) is 4.75. The Balaban J connectivity index is 2.23. The molecular formula is C11H20N2O2. The van der Waals surface area contributed by atoms with E-state index < -0.39 is 0 Å². The van der Waals surface area contributed by atoms with Crippen LogP contribution in [0, 0.1) is 0 Å². The molecule has 0 aromatic rings. The fraction of sp³-hybridized carbons (Fsp3) is 0.818. The molecule has 1 rings (SSSR count). The second-order valence-electron chi connectivity index (χ2n) is 4.14. The molecule has 4 heteroatoms. The molecule has 0 aliphatic carbocycles. The minimum Gasteiger partial charge on any atom is -0.354 e. The summed E-state index contributed by atoms with van der Waals surface area (Å²) in [7, 11) is 0. The van der Waals surface area contributed by atoms with Crippen LogP contribution in [-0.4, -0.2) is 42.3 Å². The van der Waals surface area contributed by atoms with Crippen molar-refractivity contribution in [2.45, 2.75) is 39.2 Å². The highest BCUT2D eigenvalue weighted by atomic mass is 16.1. The molecule has 1 heterocycles. The summed E-state index contributed by atoms with van der Waals surface area (Å²) in [5.74, 6) is 0.339. The second-order valence-corrected chi connectivity index (χ2v) is 4.14. The SMILES string of the molecule is CCC(=O)CN1CCC(NC(C)=O)CC1. The van der Waals surface area contributed by atoms with Crippen molar-refractivity contribution in [3.63, 3.8) is 0 Å². The summed E-state index contributed by atoms with van der Waals surface area (Å²) >= 11 is 0. The molecule has 0 unspecified atom stereocenters. The maximum Gasteiger partial charge on any atom is 0.217 e. The number of rotatable bonds is 4. The van der Waals surface area contributed by atoms with Gasteiger partial charge < -0.3 is 5.32 Å². The van der Waals surface area contributed by atoms with Gasteiger partial charge >= 0.3 is 0 Å². The molecule has 86 valence electrons. The van der Waals surface area contributed by atoms with Crippen LogP contribution in [0.3, 0.4) is 0 Å². The first-order valence-corrected chi connectivity index (χ1v) is 5.63. The molecule has 1 fully saturated rings. The van der Waals surface area contributed by atoms with Crippen LogP contribution in [0.2, 0.25) is 0 Å². The number of nitrogens with one attached hydrogen (secondary N) is 1. The van der Waals surface area contributed by atoms with Gasteiger partial charge in [-0.3, -0.25) is 14.5 Å². The molecule has 0 radical (unpaired) electrons. The van der Waals surface area contributed by atoms with Crippen molar-refractivity contribution in [2.75, 3.05) is 19.6 Å². The van der Waals surface area contributed by atoms with Gasteiger partial charge in [0.2, 0.25) is 5.91 Å². The molecule has 15 heavy (non-hydrogen) atoms. The number of hydrogen-bond acceptors (Lipinski definition) is 3. The summed E-state index contributed by atoms with van der Waals surface area (Å²) in [6, 6.07) is 0.301. The molecule has 0 saturated carbocycles. The molecule has 0 aromatic carbocycles. The smallest absolute Gasteiger partial charge is 0.217 e. The Hall–Kier alpha value is -0.900. The Labute approximate surface area is 91.0 Å².